The van der Waals surface area contributed by atoms with Crippen LogP contribution in [0.2, 0.25) is 0 Å². The van der Waals surface area contributed by atoms with E-state index < -0.39 is 6.04 Å². The van der Waals surface area contributed by atoms with E-state index in [1.807, 2.05) is 59.1 Å². The van der Waals surface area contributed by atoms with Crippen molar-refractivity contribution in [2.24, 2.45) is 11.1 Å². The number of carbonyl (C=O) groups is 1. The zero-order chi connectivity index (χ0) is 14.6. The summed E-state index contributed by atoms with van der Waals surface area (Å²) < 4.78 is 0. The van der Waals surface area contributed by atoms with Crippen LogP contribution in [0.1, 0.15) is 26.3 Å². The van der Waals surface area contributed by atoms with Crippen molar-refractivity contribution >= 4 is 11.6 Å². The van der Waals surface area contributed by atoms with E-state index in [0.717, 1.165) is 17.8 Å². The predicted molar refractivity (Wildman–Crippen MR) is 79.9 cm³/mol. The lowest BCUT2D eigenvalue weighted by Gasteiger charge is -2.25. The van der Waals surface area contributed by atoms with Gasteiger partial charge < -0.3 is 16.0 Å². The molecule has 0 aliphatic heterocycles. The number of amides is 1. The second-order valence-electron chi connectivity index (χ2n) is 6.27. The number of nitrogens with two attached hydrogens (primary N) is 1. The van der Waals surface area contributed by atoms with Gasteiger partial charge in [-0.3, -0.25) is 4.79 Å². The molecule has 1 aromatic carbocycles. The fourth-order valence-electron chi connectivity index (χ4n) is 1.73. The lowest BCUT2D eigenvalue weighted by atomic mass is 9.87. The fraction of sp³-hybridized carbons (Fsp3) is 0.533. The van der Waals surface area contributed by atoms with E-state index in [-0.39, 0.29) is 11.3 Å². The molecule has 0 spiro atoms. The predicted octanol–water partition coefficient (Wildman–Crippen LogP) is 2.06. The normalized spacial score (nSPS) is 13.4. The first-order valence-electron chi connectivity index (χ1n) is 6.50. The van der Waals surface area contributed by atoms with Crippen molar-refractivity contribution in [3.63, 3.8) is 0 Å². The van der Waals surface area contributed by atoms with Crippen molar-refractivity contribution in [2.75, 3.05) is 19.4 Å². The summed E-state index contributed by atoms with van der Waals surface area (Å²) in [4.78, 5) is 14.1. The lowest BCUT2D eigenvalue weighted by Crippen LogP contribution is -2.45. The molecule has 19 heavy (non-hydrogen) atoms. The third kappa shape index (κ3) is 5.01. The summed E-state index contributed by atoms with van der Waals surface area (Å²) in [6, 6.07) is 7.32. The summed E-state index contributed by atoms with van der Waals surface area (Å²) >= 11 is 0. The highest BCUT2D eigenvalue weighted by atomic mass is 16.2. The van der Waals surface area contributed by atoms with Crippen LogP contribution >= 0.6 is 0 Å². The van der Waals surface area contributed by atoms with E-state index in [9.17, 15) is 4.79 Å². The molecule has 4 heteroatoms. The molecule has 3 N–H and O–H groups in total. The van der Waals surface area contributed by atoms with Gasteiger partial charge in [-0.1, -0.05) is 32.9 Å². The second kappa shape index (κ2) is 6.17. The maximum atomic E-state index is 12.0. The van der Waals surface area contributed by atoms with Gasteiger partial charge in [-0.25, -0.2) is 0 Å². The van der Waals surface area contributed by atoms with E-state index in [4.69, 9.17) is 5.73 Å². The smallest absolute Gasteiger partial charge is 0.241 e. The highest BCUT2D eigenvalue weighted by molar-refractivity contribution is 5.95. The Balaban J connectivity index is 2.75. The molecule has 0 saturated carbocycles. The highest BCUT2D eigenvalue weighted by Crippen LogP contribution is 2.19. The van der Waals surface area contributed by atoms with Gasteiger partial charge >= 0.3 is 0 Å². The minimum Gasteiger partial charge on any atom is -0.325 e. The van der Waals surface area contributed by atoms with Gasteiger partial charge in [0.1, 0.15) is 0 Å². The molecule has 0 saturated heterocycles. The average molecular weight is 263 g/mol. The minimum atomic E-state index is -0.523. The second-order valence-corrected chi connectivity index (χ2v) is 6.27. The molecule has 4 nitrogen and oxygen atoms in total. The molecule has 0 aromatic heterocycles. The highest BCUT2D eigenvalue weighted by Gasteiger charge is 2.27. The Morgan fingerprint density at radius 3 is 2.53 bits per heavy atom. The molecule has 0 fully saturated rings. The summed E-state index contributed by atoms with van der Waals surface area (Å²) in [7, 11) is 4.03. The van der Waals surface area contributed by atoms with Crippen LogP contribution < -0.4 is 11.1 Å². The van der Waals surface area contributed by atoms with Crippen LogP contribution in [0, 0.1) is 5.41 Å². The third-order valence-corrected chi connectivity index (χ3v) is 2.91. The molecule has 0 aliphatic rings. The Morgan fingerprint density at radius 1 is 1.37 bits per heavy atom. The topological polar surface area (TPSA) is 58.4 Å². The quantitative estimate of drug-likeness (QED) is 0.874. The first kappa shape index (κ1) is 15.7. The zero-order valence-corrected chi connectivity index (χ0v) is 12.5. The van der Waals surface area contributed by atoms with Gasteiger partial charge in [-0.15, -0.1) is 0 Å². The Kier molecular flexibility index (Phi) is 5.09. The summed E-state index contributed by atoms with van der Waals surface area (Å²) in [5.41, 5.74) is 7.65. The monoisotopic (exact) mass is 263 g/mol. The number of carbonyl (C=O) groups excluding carboxylic acids is 1. The molecular weight excluding hydrogens is 238 g/mol. The molecule has 1 aromatic rings. The molecule has 0 radical (unpaired) electrons. The van der Waals surface area contributed by atoms with Gasteiger partial charge in [-0.05, 0) is 37.2 Å². The maximum Gasteiger partial charge on any atom is 0.241 e. The van der Waals surface area contributed by atoms with Gasteiger partial charge in [0.25, 0.3) is 0 Å². The standard InChI is InChI=1S/C15H25N3O/c1-15(2,3)13(16)14(19)17-12-8-6-7-11(9-12)10-18(4)5/h6-9,13H,10,16H2,1-5H3,(H,17,19)/t13-/m1/s1. The molecule has 0 bridgehead atoms. The van der Waals surface area contributed by atoms with Gasteiger partial charge in [0.15, 0.2) is 0 Å². The first-order valence-corrected chi connectivity index (χ1v) is 6.50. The van der Waals surface area contributed by atoms with Crippen molar-refractivity contribution in [3.8, 4) is 0 Å². The van der Waals surface area contributed by atoms with E-state index in [1.54, 1.807) is 0 Å². The first-order chi connectivity index (χ1) is 8.70. The van der Waals surface area contributed by atoms with Crippen LogP contribution in [-0.4, -0.2) is 30.9 Å². The van der Waals surface area contributed by atoms with E-state index in [2.05, 4.69) is 10.2 Å². The summed E-state index contributed by atoms with van der Waals surface area (Å²) in [5.74, 6) is -0.144. The van der Waals surface area contributed by atoms with Crippen LogP contribution in [0.5, 0.6) is 0 Å². The number of anilines is 1. The van der Waals surface area contributed by atoms with E-state index >= 15 is 0 Å². The Morgan fingerprint density at radius 2 is 2.00 bits per heavy atom. The molecule has 0 unspecified atom stereocenters. The van der Waals surface area contributed by atoms with Crippen LogP contribution in [0.15, 0.2) is 24.3 Å². The largest absolute Gasteiger partial charge is 0.325 e. The van der Waals surface area contributed by atoms with Crippen LogP contribution in [-0.2, 0) is 11.3 Å². The molecule has 0 heterocycles. The maximum absolute atomic E-state index is 12.0. The van der Waals surface area contributed by atoms with Crippen molar-refractivity contribution in [1.82, 2.24) is 4.90 Å². The number of nitrogens with zero attached hydrogens (tertiary/aromatic N) is 1. The molecule has 1 rings (SSSR count). The number of hydrogen-bond acceptors (Lipinski definition) is 3. The number of nitrogens with one attached hydrogen (secondary N) is 1. The molecule has 0 aliphatic carbocycles. The van der Waals surface area contributed by atoms with Gasteiger partial charge in [-0.2, -0.15) is 0 Å². The van der Waals surface area contributed by atoms with Gasteiger partial charge in [0.2, 0.25) is 5.91 Å². The third-order valence-electron chi connectivity index (χ3n) is 2.91. The summed E-state index contributed by atoms with van der Waals surface area (Å²) in [6.07, 6.45) is 0. The lowest BCUT2D eigenvalue weighted by molar-refractivity contribution is -0.119. The number of rotatable bonds is 4. The van der Waals surface area contributed by atoms with Crippen molar-refractivity contribution in [1.29, 1.82) is 0 Å². The minimum absolute atomic E-state index is 0.144. The summed E-state index contributed by atoms with van der Waals surface area (Å²) in [5, 5.41) is 2.88. The average Bonchev–Trinajstić information content (AvgIpc) is 2.26. The van der Waals surface area contributed by atoms with E-state index in [1.165, 1.54) is 0 Å². The SMILES string of the molecule is CN(C)Cc1cccc(NC(=O)[C@@H](N)C(C)(C)C)c1. The van der Waals surface area contributed by atoms with Crippen LogP contribution in [0.3, 0.4) is 0 Å². The van der Waals surface area contributed by atoms with Crippen LogP contribution in [0.25, 0.3) is 0 Å². The fourth-order valence-corrected chi connectivity index (χ4v) is 1.73. The van der Waals surface area contributed by atoms with Crippen molar-refractivity contribution in [3.05, 3.63) is 29.8 Å². The molecular formula is C15H25N3O. The molecule has 1 atom stereocenters. The summed E-state index contributed by atoms with van der Waals surface area (Å²) in [6.45, 7) is 6.72. The van der Waals surface area contributed by atoms with Crippen molar-refractivity contribution in [2.45, 2.75) is 33.4 Å². The van der Waals surface area contributed by atoms with Crippen LogP contribution in [0.4, 0.5) is 5.69 Å². The Hall–Kier alpha value is -1.39. The Bertz CT molecular complexity index is 435. The Labute approximate surface area is 116 Å². The molecule has 1 amide bonds. The number of hydrogen-bond donors (Lipinski definition) is 2. The van der Waals surface area contributed by atoms with E-state index in [0.29, 0.717) is 0 Å². The zero-order valence-electron chi connectivity index (χ0n) is 12.5. The van der Waals surface area contributed by atoms with Crippen molar-refractivity contribution < 1.29 is 4.79 Å². The molecule has 106 valence electrons. The number of benzene rings is 1. The van der Waals surface area contributed by atoms with Gasteiger partial charge in [0, 0.05) is 12.2 Å². The van der Waals surface area contributed by atoms with Gasteiger partial charge in [0.05, 0.1) is 6.04 Å².